The molecule has 1 N–H and O–H groups in total. The van der Waals surface area contributed by atoms with Crippen molar-refractivity contribution in [3.63, 3.8) is 0 Å². The number of ether oxygens (including phenoxy) is 1. The Kier molecular flexibility index (Phi) is 4.08. The van der Waals surface area contributed by atoms with Gasteiger partial charge in [0.05, 0.1) is 13.0 Å². The van der Waals surface area contributed by atoms with E-state index in [0.717, 1.165) is 18.4 Å². The highest BCUT2D eigenvalue weighted by Gasteiger charge is 2.34. The van der Waals surface area contributed by atoms with Crippen molar-refractivity contribution in [1.29, 1.82) is 0 Å². The molecule has 0 aliphatic heterocycles. The molecule has 2 rings (SSSR count). The van der Waals surface area contributed by atoms with Gasteiger partial charge in [-0.15, -0.1) is 0 Å². The quantitative estimate of drug-likeness (QED) is 0.911. The Morgan fingerprint density at radius 3 is 2.74 bits per heavy atom. The average Bonchev–Trinajstić information content (AvgIpc) is 2.38. The first-order chi connectivity index (χ1) is 9.02. The van der Waals surface area contributed by atoms with Gasteiger partial charge in [0.15, 0.2) is 11.6 Å². The van der Waals surface area contributed by atoms with E-state index in [9.17, 15) is 14.3 Å². The van der Waals surface area contributed by atoms with Crippen LogP contribution >= 0.6 is 0 Å². The van der Waals surface area contributed by atoms with Crippen molar-refractivity contribution in [3.05, 3.63) is 29.6 Å². The van der Waals surface area contributed by atoms with E-state index in [0.29, 0.717) is 12.3 Å². The maximum atomic E-state index is 13.8. The minimum Gasteiger partial charge on any atom is -0.494 e. The lowest BCUT2D eigenvalue weighted by Gasteiger charge is -2.32. The van der Waals surface area contributed by atoms with Crippen LogP contribution in [0.1, 0.15) is 37.7 Å². The molecule has 1 aromatic rings. The molecule has 3 unspecified atom stereocenters. The number of hydrogen-bond acceptors (Lipinski definition) is 2. The molecule has 19 heavy (non-hydrogen) atoms. The van der Waals surface area contributed by atoms with Gasteiger partial charge in [0, 0.05) is 0 Å². The molecule has 4 heteroatoms. The zero-order chi connectivity index (χ0) is 14.0. The summed E-state index contributed by atoms with van der Waals surface area (Å²) >= 11 is 0. The number of carboxylic acids is 1. The van der Waals surface area contributed by atoms with Crippen LogP contribution in [0, 0.1) is 17.7 Å². The Morgan fingerprint density at radius 1 is 1.42 bits per heavy atom. The van der Waals surface area contributed by atoms with E-state index in [1.807, 2.05) is 0 Å². The zero-order valence-corrected chi connectivity index (χ0v) is 11.2. The molecular weight excluding hydrogens is 247 g/mol. The molecule has 3 atom stereocenters. The predicted molar refractivity (Wildman–Crippen MR) is 69.8 cm³/mol. The maximum absolute atomic E-state index is 13.8. The van der Waals surface area contributed by atoms with Gasteiger partial charge in [0.2, 0.25) is 0 Å². The number of benzene rings is 1. The van der Waals surface area contributed by atoms with Crippen LogP contribution in [0.15, 0.2) is 18.2 Å². The summed E-state index contributed by atoms with van der Waals surface area (Å²) in [5.41, 5.74) is 0.761. The van der Waals surface area contributed by atoms with Crippen LogP contribution in [0.5, 0.6) is 5.75 Å². The van der Waals surface area contributed by atoms with E-state index in [1.54, 1.807) is 12.1 Å². The fourth-order valence-electron chi connectivity index (χ4n) is 2.96. The Morgan fingerprint density at radius 2 is 2.16 bits per heavy atom. The van der Waals surface area contributed by atoms with Gasteiger partial charge in [-0.05, 0) is 48.8 Å². The molecule has 104 valence electrons. The number of aliphatic carboxylic acids is 1. The third kappa shape index (κ3) is 2.88. The fraction of sp³-hybridized carbons (Fsp3) is 0.533. The molecule has 0 saturated heterocycles. The second kappa shape index (κ2) is 5.59. The van der Waals surface area contributed by atoms with Gasteiger partial charge in [0.1, 0.15) is 0 Å². The predicted octanol–water partition coefficient (Wildman–Crippen LogP) is 3.44. The maximum Gasteiger partial charge on any atom is 0.307 e. The molecule has 1 aromatic carbocycles. The van der Waals surface area contributed by atoms with Crippen LogP contribution in [-0.2, 0) is 4.79 Å². The van der Waals surface area contributed by atoms with Gasteiger partial charge in [-0.2, -0.15) is 0 Å². The number of carbonyl (C=O) groups is 1. The summed E-state index contributed by atoms with van der Waals surface area (Å²) < 4.78 is 18.6. The lowest BCUT2D eigenvalue weighted by atomic mass is 9.71. The fourth-order valence-corrected chi connectivity index (χ4v) is 2.96. The van der Waals surface area contributed by atoms with E-state index in [2.05, 4.69) is 6.92 Å². The third-order valence-corrected chi connectivity index (χ3v) is 4.03. The third-order valence-electron chi connectivity index (χ3n) is 4.03. The van der Waals surface area contributed by atoms with Crippen LogP contribution in [0.4, 0.5) is 4.39 Å². The first-order valence-electron chi connectivity index (χ1n) is 6.59. The topological polar surface area (TPSA) is 46.5 Å². The first kappa shape index (κ1) is 13.8. The van der Waals surface area contributed by atoms with Gasteiger partial charge >= 0.3 is 5.97 Å². The van der Waals surface area contributed by atoms with Crippen molar-refractivity contribution in [2.45, 2.75) is 32.1 Å². The van der Waals surface area contributed by atoms with Crippen molar-refractivity contribution in [2.24, 2.45) is 11.8 Å². The van der Waals surface area contributed by atoms with Crippen LogP contribution in [-0.4, -0.2) is 18.2 Å². The second-order valence-electron chi connectivity index (χ2n) is 5.36. The van der Waals surface area contributed by atoms with Crippen molar-refractivity contribution in [1.82, 2.24) is 0 Å². The lowest BCUT2D eigenvalue weighted by molar-refractivity contribution is -0.143. The smallest absolute Gasteiger partial charge is 0.307 e. The summed E-state index contributed by atoms with van der Waals surface area (Å²) in [6.07, 6.45) is 2.38. The second-order valence-corrected chi connectivity index (χ2v) is 5.36. The Labute approximate surface area is 112 Å². The number of rotatable bonds is 3. The molecule has 1 aliphatic rings. The van der Waals surface area contributed by atoms with Gasteiger partial charge in [-0.3, -0.25) is 4.79 Å². The molecule has 1 fully saturated rings. The number of carboxylic acid groups (broad SMARTS) is 1. The Balaban J connectivity index is 2.31. The molecule has 1 saturated carbocycles. The number of halogens is 1. The van der Waals surface area contributed by atoms with Gasteiger partial charge in [-0.25, -0.2) is 4.39 Å². The highest BCUT2D eigenvalue weighted by molar-refractivity contribution is 5.71. The minimum atomic E-state index is -0.784. The number of methoxy groups -OCH3 is 1. The molecule has 0 heterocycles. The Bertz CT molecular complexity index is 472. The highest BCUT2D eigenvalue weighted by atomic mass is 19.1. The summed E-state index contributed by atoms with van der Waals surface area (Å²) in [7, 11) is 1.42. The summed E-state index contributed by atoms with van der Waals surface area (Å²) in [5, 5.41) is 9.31. The zero-order valence-electron chi connectivity index (χ0n) is 11.2. The highest BCUT2D eigenvalue weighted by Crippen LogP contribution is 2.41. The van der Waals surface area contributed by atoms with Crippen LogP contribution in [0.25, 0.3) is 0 Å². The molecule has 0 amide bonds. The van der Waals surface area contributed by atoms with Gasteiger partial charge in [0.25, 0.3) is 0 Å². The van der Waals surface area contributed by atoms with Crippen molar-refractivity contribution in [3.8, 4) is 5.75 Å². The Hall–Kier alpha value is -1.58. The molecule has 0 radical (unpaired) electrons. The molecule has 0 bridgehead atoms. The van der Waals surface area contributed by atoms with E-state index in [4.69, 9.17) is 4.74 Å². The van der Waals surface area contributed by atoms with Gasteiger partial charge < -0.3 is 9.84 Å². The molecule has 0 aromatic heterocycles. The first-order valence-corrected chi connectivity index (χ1v) is 6.59. The van der Waals surface area contributed by atoms with Crippen molar-refractivity contribution < 1.29 is 19.0 Å². The van der Waals surface area contributed by atoms with Gasteiger partial charge in [-0.1, -0.05) is 13.0 Å². The van der Waals surface area contributed by atoms with Crippen LogP contribution < -0.4 is 4.74 Å². The van der Waals surface area contributed by atoms with Crippen LogP contribution in [0.3, 0.4) is 0 Å². The molecule has 0 spiro atoms. The van der Waals surface area contributed by atoms with Crippen molar-refractivity contribution in [2.75, 3.05) is 7.11 Å². The normalized spacial score (nSPS) is 27.0. The minimum absolute atomic E-state index is 0.110. The summed E-state index contributed by atoms with van der Waals surface area (Å²) in [5.74, 6) is -1.06. The molecule has 1 aliphatic carbocycles. The van der Waals surface area contributed by atoms with E-state index in [1.165, 1.54) is 13.2 Å². The largest absolute Gasteiger partial charge is 0.494 e. The van der Waals surface area contributed by atoms with E-state index in [-0.39, 0.29) is 11.7 Å². The SMILES string of the molecule is COc1ccc(C2CC(C)CCC2C(=O)O)cc1F. The summed E-state index contributed by atoms with van der Waals surface area (Å²) in [6.45, 7) is 2.12. The van der Waals surface area contributed by atoms with E-state index < -0.39 is 17.7 Å². The van der Waals surface area contributed by atoms with E-state index >= 15 is 0 Å². The van der Waals surface area contributed by atoms with Crippen molar-refractivity contribution >= 4 is 5.97 Å². The molecule has 3 nitrogen and oxygen atoms in total. The standard InChI is InChI=1S/C15H19FO3/c1-9-3-5-11(15(17)18)12(7-9)10-4-6-14(19-2)13(16)8-10/h4,6,8-9,11-12H,3,5,7H2,1-2H3,(H,17,18). The average molecular weight is 266 g/mol. The lowest BCUT2D eigenvalue weighted by Crippen LogP contribution is -2.28. The van der Waals surface area contributed by atoms with Crippen LogP contribution in [0.2, 0.25) is 0 Å². The monoisotopic (exact) mass is 266 g/mol. The molecular formula is C15H19FO3. The number of hydrogen-bond donors (Lipinski definition) is 1. The summed E-state index contributed by atoms with van der Waals surface area (Å²) in [6, 6.07) is 4.76. The summed E-state index contributed by atoms with van der Waals surface area (Å²) in [4.78, 5) is 11.3.